The second-order valence-corrected chi connectivity index (χ2v) is 9.85. The van der Waals surface area contributed by atoms with Crippen LogP contribution >= 0.6 is 0 Å². The van der Waals surface area contributed by atoms with Crippen LogP contribution in [0, 0.1) is 23.5 Å². The molecule has 32 heavy (non-hydrogen) atoms. The Kier molecular flexibility index (Phi) is 4.72. The summed E-state index contributed by atoms with van der Waals surface area (Å²) in [6, 6.07) is 2.37. The predicted molar refractivity (Wildman–Crippen MR) is 117 cm³/mol. The van der Waals surface area contributed by atoms with Crippen molar-refractivity contribution in [2.24, 2.45) is 11.8 Å². The molecular weight excluding hydrogens is 412 g/mol. The number of nitrogens with zero attached hydrogens (tertiary/aromatic N) is 2. The first kappa shape index (κ1) is 20.1. The Bertz CT molecular complexity index is 1190. The third-order valence-corrected chi connectivity index (χ3v) is 8.05. The van der Waals surface area contributed by atoms with E-state index in [0.717, 1.165) is 44.5 Å². The second-order valence-electron chi connectivity index (χ2n) is 9.85. The van der Waals surface area contributed by atoms with Crippen LogP contribution < -0.4 is 5.43 Å². The zero-order valence-corrected chi connectivity index (χ0v) is 17.9. The SMILES string of the molecule is O=C(c1c[nH]c2c(F)cc(F)cc2c1=O)N1CCCC2=C[C@H]3C[C@@H](CN4CCCC[C@H]34)[C@H]21. The Morgan fingerprint density at radius 3 is 2.88 bits per heavy atom. The van der Waals surface area contributed by atoms with Crippen LogP contribution in [0.3, 0.4) is 0 Å². The smallest absolute Gasteiger partial charge is 0.259 e. The average Bonchev–Trinajstić information content (AvgIpc) is 2.79. The van der Waals surface area contributed by atoms with E-state index in [2.05, 4.69) is 16.0 Å². The maximum absolute atomic E-state index is 14.1. The number of H-pyrrole nitrogens is 1. The monoisotopic (exact) mass is 439 g/mol. The molecule has 1 amide bonds. The number of nitrogens with one attached hydrogen (secondary N) is 1. The van der Waals surface area contributed by atoms with Crippen LogP contribution in [-0.2, 0) is 0 Å². The van der Waals surface area contributed by atoms with Gasteiger partial charge in [-0.05, 0) is 56.6 Å². The number of carbonyl (C=O) groups is 1. The van der Waals surface area contributed by atoms with Crippen molar-refractivity contribution in [2.45, 2.75) is 50.6 Å². The lowest BCUT2D eigenvalue weighted by Crippen LogP contribution is -2.60. The van der Waals surface area contributed by atoms with E-state index in [9.17, 15) is 18.4 Å². The molecule has 168 valence electrons. The standard InChI is InChI=1S/C25H27F2N3O2/c26-17-10-18-22(20(27)11-17)28-12-19(24(18)31)25(32)30-7-3-4-14-8-15-9-16(23(14)30)13-29-6-2-1-5-21(15)29/h8,10-12,15-16,21,23H,1-7,9,13H2,(H,28,31)/t15-,16-,21+,23-/m0/s1. The largest absolute Gasteiger partial charge is 0.358 e. The summed E-state index contributed by atoms with van der Waals surface area (Å²) >= 11 is 0. The predicted octanol–water partition coefficient (Wildman–Crippen LogP) is 3.84. The molecule has 1 aromatic carbocycles. The van der Waals surface area contributed by atoms with E-state index in [-0.39, 0.29) is 28.4 Å². The highest BCUT2D eigenvalue weighted by atomic mass is 19.1. The maximum atomic E-state index is 14.1. The molecule has 7 heteroatoms. The van der Waals surface area contributed by atoms with Crippen LogP contribution in [-0.4, -0.2) is 52.4 Å². The molecule has 3 fully saturated rings. The van der Waals surface area contributed by atoms with Gasteiger partial charge in [-0.1, -0.05) is 18.1 Å². The highest BCUT2D eigenvalue weighted by Gasteiger charge is 2.47. The molecule has 1 aliphatic carbocycles. The van der Waals surface area contributed by atoms with Gasteiger partial charge in [-0.25, -0.2) is 8.78 Å². The highest BCUT2D eigenvalue weighted by molar-refractivity contribution is 5.97. The summed E-state index contributed by atoms with van der Waals surface area (Å²) < 4.78 is 27.9. The van der Waals surface area contributed by atoms with Gasteiger partial charge in [0.15, 0.2) is 0 Å². The Balaban J connectivity index is 1.37. The molecule has 1 aromatic heterocycles. The summed E-state index contributed by atoms with van der Waals surface area (Å²) in [5.41, 5.74) is 0.602. The Morgan fingerprint density at radius 2 is 2.00 bits per heavy atom. The number of carbonyl (C=O) groups excluding carboxylic acids is 1. The summed E-state index contributed by atoms with van der Waals surface area (Å²) in [5.74, 6) is -1.08. The third-order valence-electron chi connectivity index (χ3n) is 8.05. The van der Waals surface area contributed by atoms with Crippen molar-refractivity contribution >= 4 is 16.8 Å². The van der Waals surface area contributed by atoms with Crippen molar-refractivity contribution in [1.29, 1.82) is 0 Å². The number of piperidine rings is 3. The van der Waals surface area contributed by atoms with Crippen molar-refractivity contribution in [3.63, 3.8) is 0 Å². The third kappa shape index (κ3) is 3.04. The van der Waals surface area contributed by atoms with Crippen LogP contribution in [0.15, 0.2) is 34.8 Å². The van der Waals surface area contributed by atoms with E-state index in [4.69, 9.17) is 0 Å². The number of hydrogen-bond donors (Lipinski definition) is 1. The van der Waals surface area contributed by atoms with Crippen molar-refractivity contribution in [1.82, 2.24) is 14.8 Å². The molecule has 0 unspecified atom stereocenters. The molecule has 4 heterocycles. The molecular formula is C25H27F2N3O2. The molecule has 0 spiro atoms. The van der Waals surface area contributed by atoms with E-state index >= 15 is 0 Å². The fourth-order valence-electron chi connectivity index (χ4n) is 6.77. The fraction of sp³-hybridized carbons (Fsp3) is 0.520. The average molecular weight is 440 g/mol. The number of rotatable bonds is 1. The molecule has 5 nitrogen and oxygen atoms in total. The summed E-state index contributed by atoms with van der Waals surface area (Å²) in [5, 5.41) is -0.126. The maximum Gasteiger partial charge on any atom is 0.259 e. The number of likely N-dealkylation sites (tertiary alicyclic amines) is 1. The lowest BCUT2D eigenvalue weighted by molar-refractivity contribution is 0.00143. The molecule has 1 N–H and O–H groups in total. The van der Waals surface area contributed by atoms with Crippen molar-refractivity contribution in [3.8, 4) is 0 Å². The first-order valence-electron chi connectivity index (χ1n) is 11.8. The van der Waals surface area contributed by atoms with Gasteiger partial charge in [0.25, 0.3) is 5.91 Å². The molecule has 4 atom stereocenters. The van der Waals surface area contributed by atoms with E-state index < -0.39 is 17.1 Å². The quantitative estimate of drug-likeness (QED) is 0.687. The Labute approximate surface area is 185 Å². The van der Waals surface area contributed by atoms with Gasteiger partial charge >= 0.3 is 0 Å². The zero-order chi connectivity index (χ0) is 22.0. The molecule has 2 bridgehead atoms. The summed E-state index contributed by atoms with van der Waals surface area (Å²) in [6.07, 6.45) is 10.5. The molecule has 3 aliphatic heterocycles. The van der Waals surface area contributed by atoms with Gasteiger partial charge in [0.1, 0.15) is 17.2 Å². The first-order chi connectivity index (χ1) is 15.5. The number of pyridine rings is 1. The van der Waals surface area contributed by atoms with Gasteiger partial charge in [0.2, 0.25) is 5.43 Å². The lowest BCUT2D eigenvalue weighted by atomic mass is 9.68. The molecule has 0 radical (unpaired) electrons. The molecule has 3 saturated heterocycles. The Morgan fingerprint density at radius 1 is 1.12 bits per heavy atom. The number of hydrogen-bond acceptors (Lipinski definition) is 3. The van der Waals surface area contributed by atoms with Crippen LogP contribution in [0.5, 0.6) is 0 Å². The zero-order valence-electron chi connectivity index (χ0n) is 17.9. The van der Waals surface area contributed by atoms with Gasteiger partial charge < -0.3 is 9.88 Å². The van der Waals surface area contributed by atoms with Crippen molar-refractivity contribution in [3.05, 3.63) is 57.4 Å². The first-order valence-corrected chi connectivity index (χ1v) is 11.8. The summed E-state index contributed by atoms with van der Waals surface area (Å²) in [7, 11) is 0. The van der Waals surface area contributed by atoms with E-state index in [1.807, 2.05) is 4.90 Å². The number of aromatic amines is 1. The fourth-order valence-corrected chi connectivity index (χ4v) is 6.77. The molecule has 2 aromatic rings. The van der Waals surface area contributed by atoms with Crippen molar-refractivity contribution in [2.75, 3.05) is 19.6 Å². The second kappa shape index (κ2) is 7.51. The van der Waals surface area contributed by atoms with E-state index in [1.54, 1.807) is 0 Å². The lowest BCUT2D eigenvalue weighted by Gasteiger charge is -2.54. The van der Waals surface area contributed by atoms with Gasteiger partial charge in [-0.15, -0.1) is 0 Å². The van der Waals surface area contributed by atoms with Crippen LogP contribution in [0.2, 0.25) is 0 Å². The van der Waals surface area contributed by atoms with Crippen LogP contribution in [0.1, 0.15) is 48.9 Å². The molecule has 0 saturated carbocycles. The minimum atomic E-state index is -0.837. The van der Waals surface area contributed by atoms with Crippen LogP contribution in [0.4, 0.5) is 8.78 Å². The number of amides is 1. The minimum absolute atomic E-state index is 0.00900. The summed E-state index contributed by atoms with van der Waals surface area (Å²) in [4.78, 5) is 33.8. The van der Waals surface area contributed by atoms with E-state index in [0.29, 0.717) is 24.4 Å². The number of fused-ring (bicyclic) bond motifs is 7. The Hall–Kier alpha value is -2.54. The normalized spacial score (nSPS) is 29.9. The molecule has 6 rings (SSSR count). The number of halogens is 2. The topological polar surface area (TPSA) is 56.4 Å². The van der Waals surface area contributed by atoms with Gasteiger partial charge in [-0.3, -0.25) is 14.5 Å². The van der Waals surface area contributed by atoms with Gasteiger partial charge in [0.05, 0.1) is 16.9 Å². The van der Waals surface area contributed by atoms with Crippen molar-refractivity contribution < 1.29 is 13.6 Å². The molecule has 4 aliphatic rings. The van der Waals surface area contributed by atoms with Gasteiger partial charge in [0, 0.05) is 31.4 Å². The van der Waals surface area contributed by atoms with Crippen LogP contribution in [0.25, 0.3) is 10.9 Å². The summed E-state index contributed by atoms with van der Waals surface area (Å²) in [6.45, 7) is 2.72. The minimum Gasteiger partial charge on any atom is -0.358 e. The number of benzene rings is 1. The van der Waals surface area contributed by atoms with Gasteiger partial charge in [-0.2, -0.15) is 0 Å². The number of aromatic nitrogens is 1. The highest BCUT2D eigenvalue weighted by Crippen LogP contribution is 2.45. The van der Waals surface area contributed by atoms with E-state index in [1.165, 1.54) is 31.0 Å².